The molecular weight excluding hydrogens is 295 g/mol. The van der Waals surface area contributed by atoms with Crippen molar-refractivity contribution in [2.24, 2.45) is 0 Å². The highest BCUT2D eigenvalue weighted by molar-refractivity contribution is 7.95. The maximum absolute atomic E-state index is 2.32. The van der Waals surface area contributed by atoms with Crippen LogP contribution in [0, 0.1) is 0 Å². The summed E-state index contributed by atoms with van der Waals surface area (Å²) < 4.78 is 0. The Morgan fingerprint density at radius 1 is 0.609 bits per heavy atom. The molecule has 0 radical (unpaired) electrons. The molecule has 0 heterocycles. The number of hydrogen-bond donors (Lipinski definition) is 0. The molecule has 23 heavy (non-hydrogen) atoms. The monoisotopic (exact) mass is 317 g/mol. The van der Waals surface area contributed by atoms with E-state index < -0.39 is 7.26 Å². The molecule has 0 N–H and O–H groups in total. The van der Waals surface area contributed by atoms with Crippen LogP contribution in [0.15, 0.2) is 103 Å². The summed E-state index contributed by atoms with van der Waals surface area (Å²) in [4.78, 5) is 0. The SMILES string of the molecule is CC=CC[P+](c1ccccc1)(c1ccccc1)c1ccccc1. The minimum atomic E-state index is -1.66. The molecule has 0 aliphatic carbocycles. The minimum absolute atomic E-state index is 1.06. The van der Waals surface area contributed by atoms with E-state index in [1.807, 2.05) is 0 Å². The van der Waals surface area contributed by atoms with Crippen LogP contribution in [0.2, 0.25) is 0 Å². The third-order valence-corrected chi connectivity index (χ3v) is 8.50. The first-order valence-corrected chi connectivity index (χ1v) is 10.0. The van der Waals surface area contributed by atoms with Crippen molar-refractivity contribution in [1.29, 1.82) is 0 Å². The molecule has 3 aromatic rings. The first-order chi connectivity index (χ1) is 11.4. The molecule has 0 aromatic heterocycles. The van der Waals surface area contributed by atoms with Crippen molar-refractivity contribution >= 4 is 23.2 Å². The van der Waals surface area contributed by atoms with Crippen molar-refractivity contribution in [3.05, 3.63) is 103 Å². The van der Waals surface area contributed by atoms with Crippen LogP contribution in [0.1, 0.15) is 6.92 Å². The highest BCUT2D eigenvalue weighted by atomic mass is 31.2. The molecule has 0 bridgehead atoms. The zero-order valence-corrected chi connectivity index (χ0v) is 14.4. The van der Waals surface area contributed by atoms with Crippen LogP contribution in [0.3, 0.4) is 0 Å². The molecule has 0 aliphatic heterocycles. The summed E-state index contributed by atoms with van der Waals surface area (Å²) >= 11 is 0. The van der Waals surface area contributed by atoms with Crippen LogP contribution < -0.4 is 15.9 Å². The van der Waals surface area contributed by atoms with Crippen LogP contribution in [0.5, 0.6) is 0 Å². The maximum atomic E-state index is 2.32. The molecule has 1 heteroatoms. The van der Waals surface area contributed by atoms with E-state index in [4.69, 9.17) is 0 Å². The number of hydrogen-bond acceptors (Lipinski definition) is 0. The van der Waals surface area contributed by atoms with Gasteiger partial charge in [-0.05, 0) is 43.3 Å². The van der Waals surface area contributed by atoms with Gasteiger partial charge in [-0.2, -0.15) is 0 Å². The highest BCUT2D eigenvalue weighted by Crippen LogP contribution is 2.55. The Kier molecular flexibility index (Phi) is 5.05. The van der Waals surface area contributed by atoms with Gasteiger partial charge in [0.25, 0.3) is 0 Å². The van der Waals surface area contributed by atoms with E-state index in [1.54, 1.807) is 0 Å². The van der Waals surface area contributed by atoms with E-state index in [1.165, 1.54) is 15.9 Å². The van der Waals surface area contributed by atoms with Crippen molar-refractivity contribution < 1.29 is 0 Å². The average Bonchev–Trinajstić information content (AvgIpc) is 2.65. The van der Waals surface area contributed by atoms with Gasteiger partial charge in [0.2, 0.25) is 0 Å². The lowest BCUT2D eigenvalue weighted by Gasteiger charge is -2.26. The lowest BCUT2D eigenvalue weighted by molar-refractivity contribution is 1.61. The van der Waals surface area contributed by atoms with E-state index in [0.717, 1.165) is 6.16 Å². The van der Waals surface area contributed by atoms with Gasteiger partial charge in [0.15, 0.2) is 0 Å². The van der Waals surface area contributed by atoms with E-state index in [9.17, 15) is 0 Å². The number of rotatable bonds is 5. The van der Waals surface area contributed by atoms with Gasteiger partial charge < -0.3 is 0 Å². The predicted octanol–water partition coefficient (Wildman–Crippen LogP) is 4.56. The topological polar surface area (TPSA) is 0 Å². The fourth-order valence-electron chi connectivity index (χ4n) is 3.07. The van der Waals surface area contributed by atoms with Crippen LogP contribution in [0.25, 0.3) is 0 Å². The average molecular weight is 317 g/mol. The standard InChI is InChI=1S/C22H22P/c1-2-3-19-23(20-13-7-4-8-14-20,21-15-9-5-10-16-21)22-17-11-6-12-18-22/h2-18H,19H2,1H3/q+1. The van der Waals surface area contributed by atoms with Crippen molar-refractivity contribution in [3.63, 3.8) is 0 Å². The Bertz CT molecular complexity index is 649. The van der Waals surface area contributed by atoms with Crippen LogP contribution >= 0.6 is 7.26 Å². The highest BCUT2D eigenvalue weighted by Gasteiger charge is 2.43. The lowest BCUT2D eigenvalue weighted by Crippen LogP contribution is -2.32. The quantitative estimate of drug-likeness (QED) is 0.478. The number of allylic oxidation sites excluding steroid dienone is 2. The Hall–Kier alpha value is -2.17. The molecule has 0 fully saturated rings. The Labute approximate surface area is 139 Å². The molecule has 0 saturated carbocycles. The molecule has 0 aliphatic rings. The van der Waals surface area contributed by atoms with Crippen molar-refractivity contribution in [3.8, 4) is 0 Å². The second kappa shape index (κ2) is 7.40. The maximum Gasteiger partial charge on any atom is 0.115 e. The van der Waals surface area contributed by atoms with Gasteiger partial charge in [-0.25, -0.2) is 0 Å². The van der Waals surface area contributed by atoms with Crippen molar-refractivity contribution in [2.45, 2.75) is 6.92 Å². The largest absolute Gasteiger partial charge is 0.115 e. The first kappa shape index (κ1) is 15.7. The Balaban J connectivity index is 2.30. The second-order valence-electron chi connectivity index (χ2n) is 5.57. The van der Waals surface area contributed by atoms with Gasteiger partial charge in [0.05, 0.1) is 6.16 Å². The molecule has 0 nitrogen and oxygen atoms in total. The summed E-state index contributed by atoms with van der Waals surface area (Å²) in [6.45, 7) is 2.11. The summed E-state index contributed by atoms with van der Waals surface area (Å²) in [7, 11) is -1.66. The van der Waals surface area contributed by atoms with Gasteiger partial charge in [-0.15, -0.1) is 0 Å². The van der Waals surface area contributed by atoms with E-state index in [2.05, 4.69) is 110 Å². The number of benzene rings is 3. The molecule has 0 unspecified atom stereocenters. The van der Waals surface area contributed by atoms with Gasteiger partial charge in [-0.3, -0.25) is 0 Å². The first-order valence-electron chi connectivity index (χ1n) is 8.04. The molecule has 3 rings (SSSR count). The molecular formula is C22H22P+. The second-order valence-corrected chi connectivity index (χ2v) is 9.10. The fraction of sp³-hybridized carbons (Fsp3) is 0.0909. The van der Waals surface area contributed by atoms with Crippen LogP contribution in [0.4, 0.5) is 0 Å². The van der Waals surface area contributed by atoms with E-state index in [-0.39, 0.29) is 0 Å². The Morgan fingerprint density at radius 2 is 0.957 bits per heavy atom. The summed E-state index contributed by atoms with van der Waals surface area (Å²) in [6.07, 6.45) is 5.55. The minimum Gasteiger partial charge on any atom is -0.0880 e. The zero-order chi connectivity index (χ0) is 16.0. The molecule has 0 atom stereocenters. The van der Waals surface area contributed by atoms with Gasteiger partial charge in [0.1, 0.15) is 23.2 Å². The molecule has 0 amide bonds. The van der Waals surface area contributed by atoms with Crippen LogP contribution in [-0.4, -0.2) is 6.16 Å². The van der Waals surface area contributed by atoms with E-state index >= 15 is 0 Å². The molecule has 0 saturated heterocycles. The Morgan fingerprint density at radius 3 is 1.26 bits per heavy atom. The van der Waals surface area contributed by atoms with Gasteiger partial charge >= 0.3 is 0 Å². The molecule has 3 aromatic carbocycles. The zero-order valence-electron chi connectivity index (χ0n) is 13.5. The normalized spacial score (nSPS) is 11.7. The van der Waals surface area contributed by atoms with Gasteiger partial charge in [0, 0.05) is 0 Å². The molecule has 114 valence electrons. The summed E-state index contributed by atoms with van der Waals surface area (Å²) in [5.41, 5.74) is 0. The third kappa shape index (κ3) is 3.14. The van der Waals surface area contributed by atoms with Crippen molar-refractivity contribution in [1.82, 2.24) is 0 Å². The smallest absolute Gasteiger partial charge is 0.0880 e. The summed E-state index contributed by atoms with van der Waals surface area (Å²) in [6, 6.07) is 33.0. The van der Waals surface area contributed by atoms with Crippen molar-refractivity contribution in [2.75, 3.05) is 6.16 Å². The van der Waals surface area contributed by atoms with E-state index in [0.29, 0.717) is 0 Å². The van der Waals surface area contributed by atoms with Crippen LogP contribution in [-0.2, 0) is 0 Å². The predicted molar refractivity (Wildman–Crippen MR) is 105 cm³/mol. The lowest BCUT2D eigenvalue weighted by atomic mass is 10.4. The third-order valence-electron chi connectivity index (χ3n) is 4.21. The fourth-order valence-corrected chi connectivity index (χ4v) is 7.17. The molecule has 0 spiro atoms. The van der Waals surface area contributed by atoms with Gasteiger partial charge in [-0.1, -0.05) is 66.7 Å². The summed E-state index contributed by atoms with van der Waals surface area (Å²) in [5.74, 6) is 0. The summed E-state index contributed by atoms with van der Waals surface area (Å²) in [5, 5.41) is 4.32.